The smallest absolute Gasteiger partial charge is 0.191 e. The molecular weight excluding hydrogens is 455 g/mol. The number of halogens is 1. The SMILES string of the molecule is CCC(CC)c1cc(CNC(=NC)NCC(C)Oc2ccccc2)on1.I. The Balaban J connectivity index is 0.00000364. The van der Waals surface area contributed by atoms with Crippen LogP contribution in [0.5, 0.6) is 5.75 Å². The fraction of sp³-hybridized carbons (Fsp3) is 0.500. The molecule has 0 bridgehead atoms. The molecule has 0 fully saturated rings. The number of hydrogen-bond donors (Lipinski definition) is 2. The highest BCUT2D eigenvalue weighted by atomic mass is 127. The van der Waals surface area contributed by atoms with Gasteiger partial charge in [0.05, 0.1) is 18.8 Å². The largest absolute Gasteiger partial charge is 0.489 e. The van der Waals surface area contributed by atoms with Crippen LogP contribution in [0.2, 0.25) is 0 Å². The molecule has 7 heteroatoms. The molecule has 1 aromatic carbocycles. The van der Waals surface area contributed by atoms with Crippen LogP contribution < -0.4 is 15.4 Å². The lowest BCUT2D eigenvalue weighted by molar-refractivity contribution is 0.224. The van der Waals surface area contributed by atoms with Crippen molar-refractivity contribution in [2.75, 3.05) is 13.6 Å². The second-order valence-electron chi connectivity index (χ2n) is 6.28. The molecule has 1 unspecified atom stereocenters. The van der Waals surface area contributed by atoms with Gasteiger partial charge >= 0.3 is 0 Å². The van der Waals surface area contributed by atoms with Crippen LogP contribution in [0.1, 0.15) is 51.0 Å². The number of aliphatic imine (C=N–C) groups is 1. The van der Waals surface area contributed by atoms with Crippen molar-refractivity contribution in [2.24, 2.45) is 4.99 Å². The van der Waals surface area contributed by atoms with Crippen molar-refractivity contribution >= 4 is 29.9 Å². The molecule has 1 atom stereocenters. The Morgan fingerprint density at radius 3 is 2.52 bits per heavy atom. The van der Waals surface area contributed by atoms with E-state index >= 15 is 0 Å². The van der Waals surface area contributed by atoms with Gasteiger partial charge in [-0.1, -0.05) is 37.2 Å². The summed E-state index contributed by atoms with van der Waals surface area (Å²) in [6, 6.07) is 11.8. The summed E-state index contributed by atoms with van der Waals surface area (Å²) >= 11 is 0. The number of rotatable bonds is 9. The number of para-hydroxylation sites is 1. The van der Waals surface area contributed by atoms with Crippen LogP contribution in [0, 0.1) is 0 Å². The summed E-state index contributed by atoms with van der Waals surface area (Å²) in [6.45, 7) is 7.55. The minimum Gasteiger partial charge on any atom is -0.489 e. The Hall–Kier alpha value is -1.77. The number of nitrogens with zero attached hydrogens (tertiary/aromatic N) is 2. The molecular formula is C20H31IN4O2. The molecule has 2 rings (SSSR count). The summed E-state index contributed by atoms with van der Waals surface area (Å²) in [5.74, 6) is 2.83. The van der Waals surface area contributed by atoms with Gasteiger partial charge in [-0.25, -0.2) is 0 Å². The van der Waals surface area contributed by atoms with E-state index in [9.17, 15) is 0 Å². The minimum atomic E-state index is 0. The molecule has 27 heavy (non-hydrogen) atoms. The molecule has 0 aliphatic carbocycles. The number of nitrogens with one attached hydrogen (secondary N) is 2. The second-order valence-corrected chi connectivity index (χ2v) is 6.28. The van der Waals surface area contributed by atoms with E-state index in [1.807, 2.05) is 43.3 Å². The zero-order chi connectivity index (χ0) is 18.8. The number of guanidine groups is 1. The molecule has 0 amide bonds. The van der Waals surface area contributed by atoms with Crippen LogP contribution in [-0.2, 0) is 6.54 Å². The Labute approximate surface area is 179 Å². The van der Waals surface area contributed by atoms with Gasteiger partial charge in [-0.15, -0.1) is 24.0 Å². The maximum Gasteiger partial charge on any atom is 0.191 e. The van der Waals surface area contributed by atoms with E-state index in [2.05, 4.69) is 34.6 Å². The molecule has 2 aromatic rings. The predicted octanol–water partition coefficient (Wildman–Crippen LogP) is 4.33. The third kappa shape index (κ3) is 7.78. The van der Waals surface area contributed by atoms with E-state index in [1.165, 1.54) is 0 Å². The normalized spacial score (nSPS) is 12.4. The van der Waals surface area contributed by atoms with Crippen molar-refractivity contribution in [3.05, 3.63) is 47.9 Å². The maximum atomic E-state index is 5.85. The summed E-state index contributed by atoms with van der Waals surface area (Å²) in [5, 5.41) is 10.7. The zero-order valence-corrected chi connectivity index (χ0v) is 18.9. The van der Waals surface area contributed by atoms with Crippen LogP contribution in [0.25, 0.3) is 0 Å². The molecule has 2 N–H and O–H groups in total. The molecule has 6 nitrogen and oxygen atoms in total. The summed E-state index contributed by atoms with van der Waals surface area (Å²) in [5.41, 5.74) is 1.03. The lowest BCUT2D eigenvalue weighted by Crippen LogP contribution is -2.41. The van der Waals surface area contributed by atoms with Crippen LogP contribution in [0.15, 0.2) is 45.9 Å². The molecule has 0 aliphatic rings. The first-order valence-corrected chi connectivity index (χ1v) is 9.27. The van der Waals surface area contributed by atoms with Gasteiger partial charge < -0.3 is 19.9 Å². The van der Waals surface area contributed by atoms with Gasteiger partial charge in [0.25, 0.3) is 0 Å². The highest BCUT2D eigenvalue weighted by Gasteiger charge is 2.13. The van der Waals surface area contributed by atoms with Gasteiger partial charge in [-0.2, -0.15) is 0 Å². The lowest BCUT2D eigenvalue weighted by Gasteiger charge is -2.17. The lowest BCUT2D eigenvalue weighted by atomic mass is 9.99. The molecule has 0 saturated carbocycles. The Kier molecular flexibility index (Phi) is 10.8. The first kappa shape index (κ1) is 23.3. The fourth-order valence-corrected chi connectivity index (χ4v) is 2.72. The first-order chi connectivity index (χ1) is 12.7. The standard InChI is InChI=1S/C20H30N4O2.HI/c1-5-16(6-2)19-12-18(26-24-19)14-23-20(21-4)22-13-15(3)25-17-10-8-7-9-11-17;/h7-12,15-16H,5-6,13-14H2,1-4H3,(H2,21,22,23);1H. The van der Waals surface area contributed by atoms with Crippen LogP contribution in [-0.4, -0.2) is 30.8 Å². The molecule has 0 saturated heterocycles. The van der Waals surface area contributed by atoms with Gasteiger partial charge in [-0.05, 0) is 31.9 Å². The highest BCUT2D eigenvalue weighted by Crippen LogP contribution is 2.22. The molecule has 150 valence electrons. The summed E-state index contributed by atoms with van der Waals surface area (Å²) in [7, 11) is 1.74. The zero-order valence-electron chi connectivity index (χ0n) is 16.6. The Morgan fingerprint density at radius 2 is 1.89 bits per heavy atom. The highest BCUT2D eigenvalue weighted by molar-refractivity contribution is 14.0. The van der Waals surface area contributed by atoms with Crippen LogP contribution >= 0.6 is 24.0 Å². The average Bonchev–Trinajstić information content (AvgIpc) is 3.12. The van der Waals surface area contributed by atoms with Crippen molar-refractivity contribution in [1.29, 1.82) is 0 Å². The average molecular weight is 486 g/mol. The molecule has 1 aromatic heterocycles. The minimum absolute atomic E-state index is 0. The van der Waals surface area contributed by atoms with Gasteiger partial charge in [0.2, 0.25) is 0 Å². The van der Waals surface area contributed by atoms with E-state index in [1.54, 1.807) is 7.05 Å². The summed E-state index contributed by atoms with van der Waals surface area (Å²) < 4.78 is 11.3. The van der Waals surface area contributed by atoms with Gasteiger partial charge in [0.15, 0.2) is 11.7 Å². The molecule has 1 heterocycles. The van der Waals surface area contributed by atoms with Crippen molar-refractivity contribution in [3.8, 4) is 5.75 Å². The Bertz CT molecular complexity index is 672. The third-order valence-electron chi connectivity index (χ3n) is 4.27. The van der Waals surface area contributed by atoms with Crippen molar-refractivity contribution in [2.45, 2.75) is 52.2 Å². The maximum absolute atomic E-state index is 5.85. The number of ether oxygens (including phenoxy) is 1. The van der Waals surface area contributed by atoms with Crippen LogP contribution in [0.4, 0.5) is 0 Å². The quantitative estimate of drug-likeness (QED) is 0.314. The second kappa shape index (κ2) is 12.6. The molecule has 0 aliphatic heterocycles. The predicted molar refractivity (Wildman–Crippen MR) is 120 cm³/mol. The third-order valence-corrected chi connectivity index (χ3v) is 4.27. The molecule has 0 radical (unpaired) electrons. The number of hydrogen-bond acceptors (Lipinski definition) is 4. The van der Waals surface area contributed by atoms with E-state index < -0.39 is 0 Å². The Morgan fingerprint density at radius 1 is 1.19 bits per heavy atom. The molecule has 0 spiro atoms. The topological polar surface area (TPSA) is 71.7 Å². The fourth-order valence-electron chi connectivity index (χ4n) is 2.72. The van der Waals surface area contributed by atoms with Crippen molar-refractivity contribution < 1.29 is 9.26 Å². The van der Waals surface area contributed by atoms with Gasteiger partial charge in [0, 0.05) is 19.0 Å². The first-order valence-electron chi connectivity index (χ1n) is 9.27. The van der Waals surface area contributed by atoms with Crippen molar-refractivity contribution in [3.63, 3.8) is 0 Å². The van der Waals surface area contributed by atoms with E-state index in [-0.39, 0.29) is 30.1 Å². The van der Waals surface area contributed by atoms with E-state index in [4.69, 9.17) is 9.26 Å². The van der Waals surface area contributed by atoms with E-state index in [0.29, 0.717) is 25.0 Å². The number of benzene rings is 1. The number of aromatic nitrogens is 1. The summed E-state index contributed by atoms with van der Waals surface area (Å²) in [4.78, 5) is 4.23. The monoisotopic (exact) mass is 486 g/mol. The summed E-state index contributed by atoms with van der Waals surface area (Å²) in [6.07, 6.45) is 2.15. The van der Waals surface area contributed by atoms with Gasteiger partial charge in [0.1, 0.15) is 11.9 Å². The van der Waals surface area contributed by atoms with Crippen molar-refractivity contribution in [1.82, 2.24) is 15.8 Å². The van der Waals surface area contributed by atoms with Gasteiger partial charge in [-0.3, -0.25) is 4.99 Å². The van der Waals surface area contributed by atoms with Crippen LogP contribution in [0.3, 0.4) is 0 Å². The van der Waals surface area contributed by atoms with E-state index in [0.717, 1.165) is 30.0 Å².